The zero-order valence-corrected chi connectivity index (χ0v) is 28.9. The summed E-state index contributed by atoms with van der Waals surface area (Å²) in [6.45, 7) is 1.27. The lowest BCUT2D eigenvalue weighted by atomic mass is 10.0. The molecule has 0 unspecified atom stereocenters. The highest BCUT2D eigenvalue weighted by molar-refractivity contribution is 5.80. The van der Waals surface area contributed by atoms with E-state index in [-0.39, 0.29) is 42.6 Å². The van der Waals surface area contributed by atoms with Gasteiger partial charge in [0.25, 0.3) is 11.4 Å². The third-order valence-corrected chi connectivity index (χ3v) is 8.67. The summed E-state index contributed by atoms with van der Waals surface area (Å²) in [5.41, 5.74) is 9.38. The minimum absolute atomic E-state index is 0.00259. The van der Waals surface area contributed by atoms with Gasteiger partial charge < -0.3 is 34.9 Å². The van der Waals surface area contributed by atoms with Crippen LogP contribution in [0.25, 0.3) is 22.3 Å². The molecule has 4 aromatic carbocycles. The molecule has 4 aromatic rings. The van der Waals surface area contributed by atoms with Crippen LogP contribution in [0, 0.1) is 20.2 Å². The van der Waals surface area contributed by atoms with Gasteiger partial charge in [-0.15, -0.1) is 0 Å². The largest absolute Gasteiger partial charge is 0.496 e. The number of carbonyl (C=O) groups is 3. The van der Waals surface area contributed by atoms with Crippen LogP contribution in [0.3, 0.4) is 0 Å². The highest BCUT2D eigenvalue weighted by atomic mass is 16.6. The number of β-amino-alcohol motifs (C(OH)–C–C–N with tert-alkyl or cyclic N) is 1. The monoisotopic (exact) mass is 727 g/mol. The second kappa shape index (κ2) is 16.6. The molecule has 16 nitrogen and oxygen atoms in total. The fraction of sp³-hybridized carbons (Fsp3) is 0.270. The number of ether oxygens (including phenoxy) is 3. The molecule has 2 saturated heterocycles. The Morgan fingerprint density at radius 3 is 1.64 bits per heavy atom. The van der Waals surface area contributed by atoms with Crippen LogP contribution in [0.15, 0.2) is 84.9 Å². The van der Waals surface area contributed by atoms with Crippen LogP contribution < -0.4 is 15.2 Å². The van der Waals surface area contributed by atoms with Gasteiger partial charge >= 0.3 is 6.09 Å². The summed E-state index contributed by atoms with van der Waals surface area (Å²) in [6.07, 6.45) is -1.84. The van der Waals surface area contributed by atoms with Crippen LogP contribution in [-0.4, -0.2) is 82.2 Å². The number of hydrogen-bond acceptors (Lipinski definition) is 11. The molecule has 2 heterocycles. The first-order chi connectivity index (χ1) is 25.3. The highest BCUT2D eigenvalue weighted by Gasteiger charge is 2.32. The number of primary amides is 1. The molecule has 2 aliphatic heterocycles. The Morgan fingerprint density at radius 2 is 1.23 bits per heavy atom. The molecular weight excluding hydrogens is 690 g/mol. The number of carbonyl (C=O) groups excluding carboxylic acids is 3. The molecule has 2 aliphatic rings. The molecule has 2 atom stereocenters. The van der Waals surface area contributed by atoms with Crippen molar-refractivity contribution < 1.29 is 43.5 Å². The van der Waals surface area contributed by atoms with E-state index in [9.17, 15) is 39.7 Å². The summed E-state index contributed by atoms with van der Waals surface area (Å²) < 4.78 is 15.7. The number of methoxy groups -OCH3 is 2. The Balaban J connectivity index is 0.000000206. The normalized spacial score (nSPS) is 16.5. The molecule has 276 valence electrons. The van der Waals surface area contributed by atoms with Gasteiger partial charge in [0.05, 0.1) is 49.6 Å². The maximum Gasteiger partial charge on any atom is 0.404 e. The van der Waals surface area contributed by atoms with E-state index in [1.54, 1.807) is 46.2 Å². The van der Waals surface area contributed by atoms with Gasteiger partial charge in [0.15, 0.2) is 0 Å². The number of benzene rings is 4. The van der Waals surface area contributed by atoms with Crippen LogP contribution in [0.4, 0.5) is 16.2 Å². The van der Waals surface area contributed by atoms with Crippen LogP contribution in [0.1, 0.15) is 24.0 Å². The molecule has 0 bridgehead atoms. The molecule has 3 N–H and O–H groups in total. The third kappa shape index (κ3) is 9.42. The van der Waals surface area contributed by atoms with Gasteiger partial charge in [-0.25, -0.2) is 4.79 Å². The van der Waals surface area contributed by atoms with Crippen molar-refractivity contribution in [3.05, 3.63) is 116 Å². The van der Waals surface area contributed by atoms with Crippen LogP contribution in [-0.2, 0) is 27.4 Å². The van der Waals surface area contributed by atoms with Crippen LogP contribution >= 0.6 is 0 Å². The van der Waals surface area contributed by atoms with E-state index in [0.29, 0.717) is 47.8 Å². The Hall–Kier alpha value is -6.55. The topological polar surface area (TPSA) is 218 Å². The number of aliphatic hydroxyl groups is 1. The van der Waals surface area contributed by atoms with Crippen molar-refractivity contribution in [2.45, 2.75) is 38.1 Å². The third-order valence-electron chi connectivity index (χ3n) is 8.67. The maximum absolute atomic E-state index is 12.2. The number of nitro benzene ring substituents is 2. The maximum atomic E-state index is 12.2. The number of nitro groups is 2. The summed E-state index contributed by atoms with van der Waals surface area (Å²) in [5, 5.41) is 31.7. The molecule has 16 heteroatoms. The van der Waals surface area contributed by atoms with Gasteiger partial charge in [-0.2, -0.15) is 0 Å². The molecular formula is C37H37N5O11. The fourth-order valence-electron chi connectivity index (χ4n) is 6.21. The predicted octanol–water partition coefficient (Wildman–Crippen LogP) is 4.83. The van der Waals surface area contributed by atoms with Crippen LogP contribution in [0.5, 0.6) is 11.5 Å². The predicted molar refractivity (Wildman–Crippen MR) is 191 cm³/mol. The summed E-state index contributed by atoms with van der Waals surface area (Å²) in [4.78, 5) is 59.3. The van der Waals surface area contributed by atoms with E-state index < -0.39 is 28.1 Å². The molecule has 0 saturated carbocycles. The molecule has 3 amide bonds. The number of nitrogens with two attached hydrogens (primary N) is 1. The number of likely N-dealkylation sites (tertiary alicyclic amines) is 2. The number of non-ortho nitro benzene ring substituents is 2. The zero-order chi connectivity index (χ0) is 38.2. The van der Waals surface area contributed by atoms with Gasteiger partial charge in [-0.05, 0) is 46.5 Å². The Labute approximate surface area is 303 Å². The SMILES string of the molecule is COc1ccc(CN2C[C@@H](O)CC2=O)cc1-c1cccc([N+](=O)[O-])c1.COc1ccc(CN2C[C@@H](OC(N)=O)CC2=O)cc1-c1cccc([N+](=O)[O-])c1. The van der Waals surface area contributed by atoms with Gasteiger partial charge in [-0.1, -0.05) is 36.4 Å². The van der Waals surface area contributed by atoms with Crippen molar-refractivity contribution in [1.29, 1.82) is 0 Å². The van der Waals surface area contributed by atoms with Crippen molar-refractivity contribution in [2.24, 2.45) is 5.73 Å². The standard InChI is InChI=1S/C19H19N3O6.C18H18N2O5/c1-27-17-6-5-12(10-21-11-15(9-18(21)23)28-19(20)24)7-16(17)13-3-2-4-14(8-13)22(25)26;1-25-17-6-5-12(10-19-11-15(21)9-18(19)22)7-16(17)13-3-2-4-14(8-13)20(23)24/h2-8,15H,9-11H2,1H3,(H2,20,24);2-8,15,21H,9-11H2,1H3/t2*15-/m00/s1. The number of amides is 3. The first kappa shape index (κ1) is 37.7. The number of hydrogen-bond donors (Lipinski definition) is 2. The lowest BCUT2D eigenvalue weighted by molar-refractivity contribution is -0.385. The van der Waals surface area contributed by atoms with Gasteiger partial charge in [0, 0.05) is 55.0 Å². The first-order valence-corrected chi connectivity index (χ1v) is 16.4. The Morgan fingerprint density at radius 1 is 0.755 bits per heavy atom. The molecule has 0 aliphatic carbocycles. The van der Waals surface area contributed by atoms with Gasteiger partial charge in [-0.3, -0.25) is 29.8 Å². The molecule has 0 aromatic heterocycles. The van der Waals surface area contributed by atoms with E-state index in [2.05, 4.69) is 0 Å². The van der Waals surface area contributed by atoms with Crippen molar-refractivity contribution in [3.8, 4) is 33.8 Å². The summed E-state index contributed by atoms with van der Waals surface area (Å²) in [7, 11) is 3.06. The van der Waals surface area contributed by atoms with Crippen molar-refractivity contribution >= 4 is 29.3 Å². The molecule has 6 rings (SSSR count). The average molecular weight is 728 g/mol. The smallest absolute Gasteiger partial charge is 0.404 e. The quantitative estimate of drug-likeness (QED) is 0.157. The van der Waals surface area contributed by atoms with Crippen molar-refractivity contribution in [1.82, 2.24) is 9.80 Å². The second-order valence-electron chi connectivity index (χ2n) is 12.4. The van der Waals surface area contributed by atoms with Crippen LogP contribution in [0.2, 0.25) is 0 Å². The zero-order valence-electron chi connectivity index (χ0n) is 28.9. The molecule has 0 radical (unpaired) electrons. The average Bonchev–Trinajstić information content (AvgIpc) is 3.65. The molecule has 0 spiro atoms. The van der Waals surface area contributed by atoms with E-state index in [4.69, 9.17) is 19.9 Å². The van der Waals surface area contributed by atoms with E-state index in [1.807, 2.05) is 24.3 Å². The van der Waals surface area contributed by atoms with Gasteiger partial charge in [0.1, 0.15) is 17.6 Å². The number of nitrogens with zero attached hydrogens (tertiary/aromatic N) is 4. The van der Waals surface area contributed by atoms with Crippen molar-refractivity contribution in [3.63, 3.8) is 0 Å². The van der Waals surface area contributed by atoms with E-state index >= 15 is 0 Å². The Kier molecular flexibility index (Phi) is 11.8. The van der Waals surface area contributed by atoms with Crippen molar-refractivity contribution in [2.75, 3.05) is 27.3 Å². The number of rotatable bonds is 11. The lowest BCUT2D eigenvalue weighted by Gasteiger charge is -2.18. The molecule has 2 fully saturated rings. The second-order valence-corrected chi connectivity index (χ2v) is 12.4. The van der Waals surface area contributed by atoms with Gasteiger partial charge in [0.2, 0.25) is 11.8 Å². The Bertz CT molecular complexity index is 2040. The minimum atomic E-state index is -0.906. The summed E-state index contributed by atoms with van der Waals surface area (Å²) in [5.74, 6) is 0.933. The lowest BCUT2D eigenvalue weighted by Crippen LogP contribution is -2.28. The van der Waals surface area contributed by atoms with E-state index in [0.717, 1.165) is 16.7 Å². The highest BCUT2D eigenvalue weighted by Crippen LogP contribution is 2.35. The number of aliphatic hydroxyl groups excluding tert-OH is 1. The molecule has 53 heavy (non-hydrogen) atoms. The minimum Gasteiger partial charge on any atom is -0.496 e. The first-order valence-electron chi connectivity index (χ1n) is 16.4. The summed E-state index contributed by atoms with van der Waals surface area (Å²) in [6, 6.07) is 23.5. The van der Waals surface area contributed by atoms with E-state index in [1.165, 1.54) is 38.5 Å². The summed E-state index contributed by atoms with van der Waals surface area (Å²) >= 11 is 0. The fourth-order valence-corrected chi connectivity index (χ4v) is 6.21.